The van der Waals surface area contributed by atoms with Crippen LogP contribution in [0.2, 0.25) is 0 Å². The minimum Gasteiger partial charge on any atom is -0.463 e. The predicted molar refractivity (Wildman–Crippen MR) is 96.3 cm³/mol. The van der Waals surface area contributed by atoms with Gasteiger partial charge in [0.1, 0.15) is 18.8 Å². The summed E-state index contributed by atoms with van der Waals surface area (Å²) >= 11 is 0. The Morgan fingerprint density at radius 3 is 1.78 bits per heavy atom. The lowest BCUT2D eigenvalue weighted by Gasteiger charge is -2.21. The highest BCUT2D eigenvalue weighted by atomic mass is 16.5. The third kappa shape index (κ3) is 16.2. The molecule has 0 aliphatic rings. The van der Waals surface area contributed by atoms with Crippen LogP contribution in [0.4, 0.5) is 0 Å². The number of rotatable bonds is 12. The highest BCUT2D eigenvalue weighted by molar-refractivity contribution is 5.82. The van der Waals surface area contributed by atoms with Crippen molar-refractivity contribution in [2.24, 2.45) is 4.99 Å². The van der Waals surface area contributed by atoms with E-state index in [1.54, 1.807) is 0 Å². The summed E-state index contributed by atoms with van der Waals surface area (Å²) < 4.78 is 14.1. The van der Waals surface area contributed by atoms with Crippen LogP contribution in [0.25, 0.3) is 0 Å². The average molecular weight is 383 g/mol. The second-order valence-electron chi connectivity index (χ2n) is 5.13. The molecule has 0 unspecified atom stereocenters. The third-order valence-corrected chi connectivity index (χ3v) is 2.66. The topological polar surface area (TPSA) is 129 Å². The zero-order valence-corrected chi connectivity index (χ0v) is 15.3. The van der Waals surface area contributed by atoms with Crippen molar-refractivity contribution in [3.63, 3.8) is 0 Å². The van der Waals surface area contributed by atoms with E-state index in [2.05, 4.69) is 29.5 Å². The first kappa shape index (κ1) is 26.2. The van der Waals surface area contributed by atoms with Crippen LogP contribution < -0.4 is 0 Å². The molecule has 0 aromatic carbocycles. The van der Waals surface area contributed by atoms with Gasteiger partial charge >= 0.3 is 17.9 Å². The van der Waals surface area contributed by atoms with E-state index in [0.717, 1.165) is 18.2 Å². The number of unbranched alkanes of at least 4 members (excludes halogenated alkanes) is 1. The van der Waals surface area contributed by atoms with Crippen LogP contribution in [-0.4, -0.2) is 61.1 Å². The molecule has 0 aliphatic carbocycles. The van der Waals surface area contributed by atoms with E-state index in [9.17, 15) is 19.2 Å². The van der Waals surface area contributed by atoms with Crippen molar-refractivity contribution in [1.29, 1.82) is 0 Å². The molecule has 0 atom stereocenters. The Morgan fingerprint density at radius 2 is 1.41 bits per heavy atom. The number of aliphatic hydroxyl groups is 1. The Balaban J connectivity index is 0. The molecule has 0 heterocycles. The van der Waals surface area contributed by atoms with Crippen LogP contribution >= 0.6 is 0 Å². The molecule has 0 aliphatic heterocycles. The lowest BCUT2D eigenvalue weighted by atomic mass is 10.1. The van der Waals surface area contributed by atoms with Crippen molar-refractivity contribution in [2.45, 2.75) is 25.3 Å². The number of carbonyl (C=O) groups is 3. The van der Waals surface area contributed by atoms with E-state index < -0.39 is 23.4 Å². The van der Waals surface area contributed by atoms with Crippen LogP contribution in [0, 0.1) is 0 Å². The van der Waals surface area contributed by atoms with Gasteiger partial charge in [0.05, 0.1) is 6.61 Å². The Labute approximate surface area is 158 Å². The monoisotopic (exact) mass is 383 g/mol. The van der Waals surface area contributed by atoms with Gasteiger partial charge in [0, 0.05) is 24.8 Å². The minimum absolute atomic E-state index is 0.144. The Kier molecular flexibility index (Phi) is 16.0. The molecule has 150 valence electrons. The van der Waals surface area contributed by atoms with Gasteiger partial charge in [-0.2, -0.15) is 4.99 Å². The summed E-state index contributed by atoms with van der Waals surface area (Å²) in [6.07, 6.45) is 5.78. The van der Waals surface area contributed by atoms with E-state index in [1.165, 1.54) is 13.0 Å². The van der Waals surface area contributed by atoms with Gasteiger partial charge in [-0.1, -0.05) is 19.7 Å². The molecule has 0 bridgehead atoms. The molecule has 9 heteroatoms. The van der Waals surface area contributed by atoms with Crippen LogP contribution in [-0.2, 0) is 33.4 Å². The number of isocyanates is 1. The highest BCUT2D eigenvalue weighted by Gasteiger charge is 2.27. The third-order valence-electron chi connectivity index (χ3n) is 2.66. The molecule has 0 saturated carbocycles. The largest absolute Gasteiger partial charge is 0.463 e. The van der Waals surface area contributed by atoms with Gasteiger partial charge in [-0.05, 0) is 19.8 Å². The zero-order valence-electron chi connectivity index (χ0n) is 15.3. The smallest absolute Gasteiger partial charge is 0.330 e. The van der Waals surface area contributed by atoms with Gasteiger partial charge in [0.15, 0.2) is 0 Å². The van der Waals surface area contributed by atoms with Crippen LogP contribution in [0.5, 0.6) is 0 Å². The zero-order chi connectivity index (χ0) is 21.1. The number of esters is 3. The van der Waals surface area contributed by atoms with Gasteiger partial charge < -0.3 is 19.3 Å². The van der Waals surface area contributed by atoms with Gasteiger partial charge in [-0.15, -0.1) is 0 Å². The number of ether oxygens (including phenoxy) is 3. The quantitative estimate of drug-likeness (QED) is 0.132. The fraction of sp³-hybridized carbons (Fsp3) is 0.444. The maximum Gasteiger partial charge on any atom is 0.330 e. The Hall–Kier alpha value is -3.03. The summed E-state index contributed by atoms with van der Waals surface area (Å²) in [5.74, 6) is -1.72. The molecular weight excluding hydrogens is 358 g/mol. The second-order valence-corrected chi connectivity index (χ2v) is 5.13. The summed E-state index contributed by atoms with van der Waals surface area (Å²) in [5.41, 5.74) is -1.17. The first-order chi connectivity index (χ1) is 12.8. The van der Waals surface area contributed by atoms with Gasteiger partial charge in [0.2, 0.25) is 6.08 Å². The van der Waals surface area contributed by atoms with E-state index >= 15 is 0 Å². The normalized spacial score (nSPS) is 9.41. The fourth-order valence-corrected chi connectivity index (χ4v) is 1.23. The first-order valence-corrected chi connectivity index (χ1v) is 7.86. The molecule has 0 aromatic rings. The summed E-state index contributed by atoms with van der Waals surface area (Å²) in [4.78, 5) is 45.8. The maximum absolute atomic E-state index is 10.9. The second kappa shape index (κ2) is 16.4. The molecular formula is C18H25NO8. The molecule has 0 fully saturated rings. The van der Waals surface area contributed by atoms with Crippen LogP contribution in [0.15, 0.2) is 43.0 Å². The lowest BCUT2D eigenvalue weighted by molar-refractivity contribution is -0.143. The molecule has 0 spiro atoms. The molecule has 0 amide bonds. The SMILES string of the molecule is C=CC(=O)OCC(C)(COC(=O)C=C)N=C=O.C=CC(=O)OCCCCO. The van der Waals surface area contributed by atoms with Gasteiger partial charge in [-0.3, -0.25) is 0 Å². The van der Waals surface area contributed by atoms with Crippen LogP contribution in [0.3, 0.4) is 0 Å². The number of hydrogen-bond donors (Lipinski definition) is 1. The fourth-order valence-electron chi connectivity index (χ4n) is 1.23. The number of aliphatic imine (C=N–C) groups is 1. The van der Waals surface area contributed by atoms with Crippen molar-refractivity contribution in [1.82, 2.24) is 0 Å². The van der Waals surface area contributed by atoms with Crippen molar-refractivity contribution in [2.75, 3.05) is 26.4 Å². The standard InChI is InChI=1S/C11H13NO5.C7H12O3/c1-4-9(14)16-6-11(3,12-8-13)7-17-10(15)5-2;1-2-7(9)10-6-4-3-5-8/h4-5H,1-2,6-7H2,3H3;2,8H,1,3-6H2. The molecule has 0 aromatic heterocycles. The van der Waals surface area contributed by atoms with Gasteiger partial charge in [0.25, 0.3) is 0 Å². The molecule has 0 rings (SSSR count). The maximum atomic E-state index is 10.9. The van der Waals surface area contributed by atoms with Gasteiger partial charge in [-0.25, -0.2) is 19.2 Å². The summed E-state index contributed by atoms with van der Waals surface area (Å²) in [6.45, 7) is 11.2. The number of carbonyl (C=O) groups excluding carboxylic acids is 4. The molecule has 27 heavy (non-hydrogen) atoms. The number of hydrogen-bond acceptors (Lipinski definition) is 9. The summed E-state index contributed by atoms with van der Waals surface area (Å²) in [7, 11) is 0. The molecule has 9 nitrogen and oxygen atoms in total. The van der Waals surface area contributed by atoms with Crippen molar-refractivity contribution >= 4 is 24.0 Å². The lowest BCUT2D eigenvalue weighted by Crippen LogP contribution is -2.36. The average Bonchev–Trinajstić information content (AvgIpc) is 2.68. The predicted octanol–water partition coefficient (Wildman–Crippen LogP) is 1.03. The van der Waals surface area contributed by atoms with E-state index in [0.29, 0.717) is 19.4 Å². The summed E-state index contributed by atoms with van der Waals surface area (Å²) in [6, 6.07) is 0. The van der Waals surface area contributed by atoms with E-state index in [4.69, 9.17) is 14.6 Å². The molecule has 1 N–H and O–H groups in total. The molecule has 0 saturated heterocycles. The minimum atomic E-state index is -1.17. The van der Waals surface area contributed by atoms with Crippen molar-refractivity contribution < 1.29 is 38.5 Å². The Bertz CT molecular complexity index is 540. The molecule has 0 radical (unpaired) electrons. The van der Waals surface area contributed by atoms with Crippen molar-refractivity contribution in [3.05, 3.63) is 38.0 Å². The van der Waals surface area contributed by atoms with Crippen molar-refractivity contribution in [3.8, 4) is 0 Å². The summed E-state index contributed by atoms with van der Waals surface area (Å²) in [5, 5.41) is 8.33. The number of aliphatic hydroxyl groups excluding tert-OH is 1. The van der Waals surface area contributed by atoms with E-state index in [-0.39, 0.29) is 19.8 Å². The number of nitrogens with zero attached hydrogens (tertiary/aromatic N) is 1. The van der Waals surface area contributed by atoms with E-state index in [1.807, 2.05) is 0 Å². The van der Waals surface area contributed by atoms with Crippen LogP contribution in [0.1, 0.15) is 19.8 Å². The highest BCUT2D eigenvalue weighted by Crippen LogP contribution is 2.11. The Morgan fingerprint density at radius 1 is 0.963 bits per heavy atom. The first-order valence-electron chi connectivity index (χ1n) is 7.86.